The third kappa shape index (κ3) is 5.96. The Bertz CT molecular complexity index is 1300. The van der Waals surface area contributed by atoms with E-state index in [-0.39, 0.29) is 31.1 Å². The summed E-state index contributed by atoms with van der Waals surface area (Å²) in [6.45, 7) is -0.0115. The summed E-state index contributed by atoms with van der Waals surface area (Å²) in [5.74, 6) is -0.800. The first kappa shape index (κ1) is 25.5. The van der Waals surface area contributed by atoms with Crippen LogP contribution in [0.5, 0.6) is 0 Å². The van der Waals surface area contributed by atoms with E-state index in [1.807, 2.05) is 18.2 Å². The average Bonchev–Trinajstić information content (AvgIpc) is 3.36. The monoisotopic (exact) mass is 503 g/mol. The lowest BCUT2D eigenvalue weighted by molar-refractivity contribution is -0.384. The van der Waals surface area contributed by atoms with Gasteiger partial charge in [-0.1, -0.05) is 23.4 Å². The smallest absolute Gasteiger partial charge is 0.269 e. The molecule has 0 spiro atoms. The maximum atomic E-state index is 13.3. The highest BCUT2D eigenvalue weighted by molar-refractivity contribution is 6.05. The summed E-state index contributed by atoms with van der Waals surface area (Å²) in [4.78, 5) is 47.3. The highest BCUT2D eigenvalue weighted by Crippen LogP contribution is 2.23. The van der Waals surface area contributed by atoms with E-state index < -0.39 is 23.0 Å². The lowest BCUT2D eigenvalue weighted by Crippen LogP contribution is -2.46. The van der Waals surface area contributed by atoms with E-state index >= 15 is 0 Å². The van der Waals surface area contributed by atoms with Crippen LogP contribution in [-0.4, -0.2) is 63.7 Å². The summed E-state index contributed by atoms with van der Waals surface area (Å²) in [6, 6.07) is 17.1. The number of nitro groups is 1. The minimum absolute atomic E-state index is 0.0990. The minimum atomic E-state index is -1.08. The molecule has 0 unspecified atom stereocenters. The number of oxime groups is 1. The molecule has 0 aliphatic carbocycles. The van der Waals surface area contributed by atoms with Gasteiger partial charge < -0.3 is 20.2 Å². The van der Waals surface area contributed by atoms with Gasteiger partial charge in [0.15, 0.2) is 0 Å². The molecule has 11 heteroatoms. The highest BCUT2D eigenvalue weighted by atomic mass is 16.6. The molecule has 3 aromatic rings. The number of nitrogens with zero attached hydrogens (tertiary/aromatic N) is 4. The van der Waals surface area contributed by atoms with E-state index in [2.05, 4.69) is 15.5 Å². The van der Waals surface area contributed by atoms with E-state index in [0.717, 1.165) is 11.3 Å². The van der Waals surface area contributed by atoms with Gasteiger partial charge in [0.1, 0.15) is 13.2 Å². The number of nitro benzene ring substituents is 1. The van der Waals surface area contributed by atoms with Gasteiger partial charge in [-0.25, -0.2) is 0 Å². The van der Waals surface area contributed by atoms with Gasteiger partial charge in [-0.15, -0.1) is 0 Å². The zero-order chi connectivity index (χ0) is 26.4. The summed E-state index contributed by atoms with van der Waals surface area (Å²) in [5, 5.41) is 27.9. The van der Waals surface area contributed by atoms with Crippen molar-refractivity contribution in [2.45, 2.75) is 18.6 Å². The van der Waals surface area contributed by atoms with Gasteiger partial charge in [-0.3, -0.25) is 24.7 Å². The Kier molecular flexibility index (Phi) is 7.84. The van der Waals surface area contributed by atoms with Crippen molar-refractivity contribution in [3.05, 3.63) is 94.2 Å². The number of hydrogen-bond donors (Lipinski definition) is 2. The summed E-state index contributed by atoms with van der Waals surface area (Å²) in [5.41, 5.74) is 2.90. The topological polar surface area (TPSA) is 147 Å². The number of likely N-dealkylation sites (tertiary alicyclic amines) is 1. The maximum absolute atomic E-state index is 13.3. The Morgan fingerprint density at radius 2 is 1.92 bits per heavy atom. The number of aliphatic hydroxyl groups excluding tert-OH is 1. The van der Waals surface area contributed by atoms with Crippen LogP contribution < -0.4 is 5.32 Å². The van der Waals surface area contributed by atoms with Crippen molar-refractivity contribution in [2.24, 2.45) is 5.16 Å². The van der Waals surface area contributed by atoms with Gasteiger partial charge in [0.2, 0.25) is 5.91 Å². The minimum Gasteiger partial charge on any atom is -0.399 e. The summed E-state index contributed by atoms with van der Waals surface area (Å²) < 4.78 is 0. The number of non-ortho nitro benzene ring substituents is 1. The predicted octanol–water partition coefficient (Wildman–Crippen LogP) is 2.72. The fraction of sp³-hybridized carbons (Fsp3) is 0.231. The lowest BCUT2D eigenvalue weighted by atomic mass is 10.1. The van der Waals surface area contributed by atoms with Crippen LogP contribution >= 0.6 is 0 Å². The van der Waals surface area contributed by atoms with Crippen LogP contribution in [0.4, 0.5) is 5.69 Å². The summed E-state index contributed by atoms with van der Waals surface area (Å²) >= 11 is 0. The lowest BCUT2D eigenvalue weighted by Gasteiger charge is -2.24. The third-order valence-electron chi connectivity index (χ3n) is 5.99. The summed E-state index contributed by atoms with van der Waals surface area (Å²) in [7, 11) is 1.39. The molecule has 2 aromatic carbocycles. The van der Waals surface area contributed by atoms with Crippen molar-refractivity contribution >= 4 is 23.2 Å². The van der Waals surface area contributed by atoms with Crippen LogP contribution in [0, 0.1) is 10.1 Å². The van der Waals surface area contributed by atoms with Crippen molar-refractivity contribution in [1.82, 2.24) is 15.2 Å². The Morgan fingerprint density at radius 1 is 1.19 bits per heavy atom. The molecule has 2 N–H and O–H groups in total. The van der Waals surface area contributed by atoms with E-state index in [1.165, 1.54) is 36.3 Å². The second-order valence-electron chi connectivity index (χ2n) is 8.39. The second-order valence-corrected chi connectivity index (χ2v) is 8.39. The van der Waals surface area contributed by atoms with Crippen molar-refractivity contribution in [3.63, 3.8) is 0 Å². The van der Waals surface area contributed by atoms with E-state index in [0.29, 0.717) is 16.8 Å². The fourth-order valence-electron chi connectivity index (χ4n) is 4.08. The Labute approximate surface area is 212 Å². The first-order chi connectivity index (χ1) is 17.9. The van der Waals surface area contributed by atoms with Crippen molar-refractivity contribution < 1.29 is 24.5 Å². The van der Waals surface area contributed by atoms with Crippen molar-refractivity contribution in [3.8, 4) is 11.3 Å². The molecule has 1 aliphatic heterocycles. The molecule has 37 heavy (non-hydrogen) atoms. The molecule has 1 fully saturated rings. The van der Waals surface area contributed by atoms with Gasteiger partial charge in [-0.2, -0.15) is 0 Å². The zero-order valence-corrected chi connectivity index (χ0v) is 20.0. The zero-order valence-electron chi connectivity index (χ0n) is 20.0. The van der Waals surface area contributed by atoms with Crippen LogP contribution in [0.25, 0.3) is 11.3 Å². The van der Waals surface area contributed by atoms with E-state index in [9.17, 15) is 24.8 Å². The number of amides is 2. The Morgan fingerprint density at radius 3 is 2.54 bits per heavy atom. The Balaban J connectivity index is 1.45. The largest absolute Gasteiger partial charge is 0.399 e. The van der Waals surface area contributed by atoms with Gasteiger partial charge in [0.05, 0.1) is 29.0 Å². The molecule has 0 saturated carbocycles. The standard InChI is InChI=1S/C26H25N5O6/c1-37-29-20-14-23(25(33)28-15-24(32)18-9-11-21(12-10-18)31(35)36)30(16-20)26(34)19-7-5-17(6-8-19)22-4-2-3-13-27-22/h2-13,23-24,32H,14-16H2,1H3,(H,28,33)/b29-20+/t23-,24+/m0/s1. The molecule has 2 amide bonds. The molecule has 1 aliphatic rings. The van der Waals surface area contributed by atoms with Crippen LogP contribution in [0.2, 0.25) is 0 Å². The molecule has 1 saturated heterocycles. The number of carbonyl (C=O) groups is 2. The number of nitrogens with one attached hydrogen (secondary N) is 1. The molecule has 1 aromatic heterocycles. The van der Waals surface area contributed by atoms with E-state index in [4.69, 9.17) is 4.84 Å². The van der Waals surface area contributed by atoms with E-state index in [1.54, 1.807) is 30.5 Å². The van der Waals surface area contributed by atoms with Crippen LogP contribution in [0.15, 0.2) is 78.1 Å². The highest BCUT2D eigenvalue weighted by Gasteiger charge is 2.38. The fourth-order valence-corrected chi connectivity index (χ4v) is 4.08. The van der Waals surface area contributed by atoms with Gasteiger partial charge in [0.25, 0.3) is 11.6 Å². The van der Waals surface area contributed by atoms with Gasteiger partial charge >= 0.3 is 0 Å². The molecule has 2 heterocycles. The summed E-state index contributed by atoms with van der Waals surface area (Å²) in [6.07, 6.45) is 0.795. The first-order valence-electron chi connectivity index (χ1n) is 11.5. The molecule has 4 rings (SSSR count). The van der Waals surface area contributed by atoms with Crippen molar-refractivity contribution in [1.29, 1.82) is 0 Å². The second kappa shape index (κ2) is 11.4. The molecular weight excluding hydrogens is 478 g/mol. The van der Waals surface area contributed by atoms with Crippen LogP contribution in [0.3, 0.4) is 0 Å². The van der Waals surface area contributed by atoms with Crippen molar-refractivity contribution in [2.75, 3.05) is 20.2 Å². The number of carbonyl (C=O) groups excluding carboxylic acids is 2. The molecular formula is C26H25N5O6. The normalized spacial score (nSPS) is 16.9. The molecule has 0 bridgehead atoms. The number of rotatable bonds is 8. The number of benzene rings is 2. The number of hydrogen-bond acceptors (Lipinski definition) is 8. The first-order valence-corrected chi connectivity index (χ1v) is 11.5. The van der Waals surface area contributed by atoms with Crippen LogP contribution in [0.1, 0.15) is 28.4 Å². The molecule has 11 nitrogen and oxygen atoms in total. The SMILES string of the molecule is CO/N=C1\C[C@@H](C(=O)NC[C@@H](O)c2ccc([N+](=O)[O-])cc2)N(C(=O)c2ccc(-c3ccccn3)cc2)C1. The maximum Gasteiger partial charge on any atom is 0.269 e. The third-order valence-corrected chi connectivity index (χ3v) is 5.99. The predicted molar refractivity (Wildman–Crippen MR) is 135 cm³/mol. The quantitative estimate of drug-likeness (QED) is 0.355. The molecule has 2 atom stereocenters. The number of aromatic nitrogens is 1. The van der Waals surface area contributed by atoms with Crippen LogP contribution in [-0.2, 0) is 9.63 Å². The van der Waals surface area contributed by atoms with Gasteiger partial charge in [0, 0.05) is 42.4 Å². The average molecular weight is 504 g/mol. The molecule has 0 radical (unpaired) electrons. The number of aliphatic hydroxyl groups is 1. The number of pyridine rings is 1. The van der Waals surface area contributed by atoms with Gasteiger partial charge in [-0.05, 0) is 42.0 Å². The molecule has 190 valence electrons. The Hall–Kier alpha value is -4.64.